The van der Waals surface area contributed by atoms with Crippen LogP contribution in [0.2, 0.25) is 5.02 Å². The Morgan fingerprint density at radius 3 is 1.13 bits per heavy atom. The first-order chi connectivity index (χ1) is 72.0. The molecule has 0 unspecified atom stereocenters. The fraction of sp³-hybridized carbons (Fsp3) is 0.140. The van der Waals surface area contributed by atoms with E-state index in [0.29, 0.717) is 134 Å². The number of nitriles is 3. The first-order valence-corrected chi connectivity index (χ1v) is 56.1. The van der Waals surface area contributed by atoms with Crippen LogP contribution in [0.3, 0.4) is 0 Å². The average molecular weight is 2500 g/mol. The fourth-order valence-corrected chi connectivity index (χ4v) is 19.4. The maximum absolute atomic E-state index is 13.3. The molecule has 0 aliphatic carbocycles. The van der Waals surface area contributed by atoms with E-state index in [1.165, 1.54) is 65.2 Å². The van der Waals surface area contributed by atoms with Crippen LogP contribution < -0.4 is 80.5 Å². The molecule has 0 spiro atoms. The number of hydrogen-bond acceptors (Lipinski definition) is 23. The summed E-state index contributed by atoms with van der Waals surface area (Å²) >= 11 is 23.8. The van der Waals surface area contributed by atoms with Gasteiger partial charge in [0.1, 0.15) is 23.0 Å². The average Bonchev–Trinajstić information content (AvgIpc) is 0.849. The molecule has 1 heterocycles. The third-order valence-electron chi connectivity index (χ3n) is 20.4. The summed E-state index contributed by atoms with van der Waals surface area (Å²) < 4.78 is 32.6. The molecule has 772 valence electrons. The molecule has 13 aromatic rings. The van der Waals surface area contributed by atoms with Gasteiger partial charge in [0.25, 0.3) is 23.6 Å². The number of carbonyl (C=O) groups is 6. The minimum Gasteiger partial charge on any atom is -0.378 e. The standard InChI is InChI=1S/C22H17ClFN5OS.C17H15BrN4OS.2C17H18BrN3O2S.C17H18BrN3O2Se.C17H16N4OSe/c23-18-10-17(7-8-19(18)24)29-22(26)31-13-16-2-1-9-27-20(16)21(30)28-12-15-5-3-14(11-25)4-6-15;18-14-6-5-13(10-24-17(20)21)15(7-14)16(23)22-9-12-3-1-11(8-19)2-4-12;1-23-14-5-2-11(3-6-14)9-21-16(22)15-7-4-13(18)8-12(15)10-24-17(19)20;2*1-23-14-4-2-3-11(7-14)9-21-16(22)15-6-5-13(18)8-12(15)10-24-17(19)20;18-9-12-5-7-13(8-6-12)10-21-16(22)15-4-2-1-3-14(15)11-23-17(19)20/h1-10H,12-13H2,(H2,26,29)(H,28,30);1-7H,9-10H2,(H3,20,21)(H,22,23);3*2-8H,9-10H2,1H3,(H3,19,20)(H,21,22);1-8H,10-11H2,(H3,19,20)(H,21,22). The van der Waals surface area contributed by atoms with Gasteiger partial charge in [0, 0.05) is 85.5 Å². The molecular weight excluding hydrogens is 2400 g/mol. The molecule has 0 aliphatic heterocycles. The summed E-state index contributed by atoms with van der Waals surface area (Å²) in [5.41, 5.74) is 49.0. The zero-order valence-corrected chi connectivity index (χ0v) is 94.4. The summed E-state index contributed by atoms with van der Waals surface area (Å²) in [5, 5.41) is 81.9. The third kappa shape index (κ3) is 43.6. The Kier molecular flexibility index (Phi) is 52.5. The van der Waals surface area contributed by atoms with Crippen molar-refractivity contribution in [2.24, 2.45) is 39.4 Å². The monoisotopic (exact) mass is 2500 g/mol. The summed E-state index contributed by atoms with van der Waals surface area (Å²) in [6.07, 6.45) is 1.54. The van der Waals surface area contributed by atoms with Crippen LogP contribution in [0.15, 0.2) is 302 Å². The Morgan fingerprint density at radius 1 is 0.367 bits per heavy atom. The van der Waals surface area contributed by atoms with Gasteiger partial charge >= 0.3 is 297 Å². The quantitative estimate of drug-likeness (QED) is 0.00985. The number of amidine groups is 6. The predicted octanol–water partition coefficient (Wildman–Crippen LogP) is 19.0. The van der Waals surface area contributed by atoms with Crippen molar-refractivity contribution >= 4 is 224 Å². The van der Waals surface area contributed by atoms with Crippen LogP contribution in [0.1, 0.15) is 146 Å². The number of carbonyl (C=O) groups excluding carboxylic acids is 6. The molecule has 31 nitrogen and oxygen atoms in total. The first-order valence-electron chi connectivity index (χ1n) is 44.5. The Balaban J connectivity index is 0.000000220. The van der Waals surface area contributed by atoms with E-state index in [4.69, 9.17) is 103 Å². The van der Waals surface area contributed by atoms with Gasteiger partial charge in [-0.1, -0.05) is 167 Å². The smallest absolute Gasteiger partial charge is 0.270 e. The molecule has 23 N–H and O–H groups in total. The molecule has 150 heavy (non-hydrogen) atoms. The van der Waals surface area contributed by atoms with Crippen molar-refractivity contribution in [2.45, 2.75) is 72.9 Å². The van der Waals surface area contributed by atoms with Crippen molar-refractivity contribution in [1.29, 1.82) is 42.8 Å². The molecule has 6 amide bonds. The molecule has 0 radical (unpaired) electrons. The number of aliphatic imine (C=N–C) groups is 1. The van der Waals surface area contributed by atoms with Gasteiger partial charge in [-0.25, -0.2) is 9.38 Å². The number of halogens is 6. The van der Waals surface area contributed by atoms with Crippen LogP contribution in [0.25, 0.3) is 0 Å². The van der Waals surface area contributed by atoms with E-state index in [1.807, 2.05) is 164 Å². The Labute approximate surface area is 935 Å². The van der Waals surface area contributed by atoms with Crippen molar-refractivity contribution in [2.75, 3.05) is 21.3 Å². The minimum absolute atomic E-state index is 0.0156. The SMILES string of the molecule is COc1ccc(CNC(=O)c2ccc(Br)cc2CSC(=N)N)cc1.COc1cccc(CNC(=O)c2ccc(Br)cc2CSC(=N)N)c1.COc1cccc(CNC(=O)c2ccc(Br)cc2C[Se]C(=N)N)c1.N#Cc1ccc(CNC(=O)c2cc(Br)ccc2CSC(=N)N)cc1.N#Cc1ccc(CNC(=O)c2ccccc2C[Se]C(=N)N)cc1.N#Cc1ccc(CNC(=O)c2ncccc2CSC(N)=Nc2ccc(F)c(Cl)c2)cc1. The number of benzene rings is 12. The second kappa shape index (κ2) is 65.0. The first kappa shape index (κ1) is 121. The maximum atomic E-state index is 13.3. The van der Waals surface area contributed by atoms with E-state index >= 15 is 0 Å². The molecule has 1 aromatic heterocycles. The normalized spacial score (nSPS) is 10.3. The number of nitrogens with two attached hydrogens (primary N) is 6. The van der Waals surface area contributed by atoms with E-state index in [-0.39, 0.29) is 101 Å². The predicted molar refractivity (Wildman–Crippen MR) is 613 cm³/mol. The zero-order chi connectivity index (χ0) is 109. The topological polar surface area (TPSA) is 574 Å². The Morgan fingerprint density at radius 2 is 0.720 bits per heavy atom. The van der Waals surface area contributed by atoms with Gasteiger partial charge in [0.05, 0.1) is 48.2 Å². The summed E-state index contributed by atoms with van der Waals surface area (Å²) in [5.74, 6) is 2.42. The number of nitrogens with one attached hydrogen (secondary N) is 11. The van der Waals surface area contributed by atoms with Crippen LogP contribution in [-0.4, -0.2) is 122 Å². The van der Waals surface area contributed by atoms with E-state index in [0.717, 1.165) is 96.3 Å². The molecule has 0 atom stereocenters. The molecule has 0 fully saturated rings. The summed E-state index contributed by atoms with van der Waals surface area (Å²) in [6.45, 7) is 2.34. The van der Waals surface area contributed by atoms with Crippen molar-refractivity contribution in [3.63, 3.8) is 0 Å². The van der Waals surface area contributed by atoms with Crippen molar-refractivity contribution in [1.82, 2.24) is 36.9 Å². The number of hydrogen-bond donors (Lipinski definition) is 17. The van der Waals surface area contributed by atoms with Crippen LogP contribution >= 0.6 is 122 Å². The minimum atomic E-state index is -0.529. The number of pyridine rings is 1. The van der Waals surface area contributed by atoms with E-state index in [1.54, 1.807) is 119 Å². The Hall–Kier alpha value is -14.1. The number of aromatic nitrogens is 1. The third-order valence-corrected chi connectivity index (χ3v) is 29.1. The van der Waals surface area contributed by atoms with Gasteiger partial charge in [-0.3, -0.25) is 40.4 Å². The second-order valence-corrected chi connectivity index (χ2v) is 43.4. The van der Waals surface area contributed by atoms with Crippen molar-refractivity contribution < 1.29 is 47.4 Å². The molecular formula is C107H102Br4ClFN22O9S4Se2. The van der Waals surface area contributed by atoms with Gasteiger partial charge in [-0.15, -0.1) is 0 Å². The maximum Gasteiger partial charge on any atom is 0.270 e. The Bertz CT molecular complexity index is 6980. The largest absolute Gasteiger partial charge is 0.378 e. The molecule has 0 bridgehead atoms. The molecule has 12 aromatic carbocycles. The second-order valence-electron chi connectivity index (χ2n) is 31.0. The van der Waals surface area contributed by atoms with Crippen LogP contribution in [0.4, 0.5) is 10.1 Å². The number of amides is 6. The van der Waals surface area contributed by atoms with Crippen LogP contribution in [0.5, 0.6) is 17.2 Å². The number of nitrogens with zero attached hydrogens (tertiary/aromatic N) is 5. The van der Waals surface area contributed by atoms with Crippen molar-refractivity contribution in [3.8, 4) is 35.5 Å². The van der Waals surface area contributed by atoms with E-state index in [2.05, 4.69) is 124 Å². The number of thioether (sulfide) groups is 4. The molecule has 13 rings (SSSR count). The molecule has 0 saturated heterocycles. The van der Waals surface area contributed by atoms with E-state index in [9.17, 15) is 33.2 Å². The van der Waals surface area contributed by atoms with Gasteiger partial charge in [-0.05, 0) is 166 Å². The number of ether oxygens (including phenoxy) is 3. The fourth-order valence-electron chi connectivity index (χ4n) is 12.9. The van der Waals surface area contributed by atoms with Gasteiger partial charge in [0.2, 0.25) is 0 Å². The van der Waals surface area contributed by atoms with Crippen LogP contribution in [0, 0.1) is 66.9 Å². The zero-order valence-electron chi connectivity index (χ0n) is 80.6. The summed E-state index contributed by atoms with van der Waals surface area (Å²) in [7, 11) is 4.84. The molecule has 0 saturated carbocycles. The van der Waals surface area contributed by atoms with Gasteiger partial charge < -0.3 is 53.7 Å². The van der Waals surface area contributed by atoms with E-state index < -0.39 is 5.82 Å². The van der Waals surface area contributed by atoms with Gasteiger partial charge in [0.15, 0.2) is 20.7 Å². The molecule has 0 aliphatic rings. The number of rotatable bonds is 36. The summed E-state index contributed by atoms with van der Waals surface area (Å²) in [4.78, 5) is 83.3. The molecule has 43 heteroatoms. The summed E-state index contributed by atoms with van der Waals surface area (Å²) in [6, 6.07) is 86.8. The van der Waals surface area contributed by atoms with Crippen molar-refractivity contribution in [3.05, 3.63) is 425 Å². The van der Waals surface area contributed by atoms with Crippen LogP contribution in [-0.2, 0) is 72.9 Å². The van der Waals surface area contributed by atoms with Gasteiger partial charge in [-0.2, -0.15) is 10.5 Å². The number of methoxy groups -OCH3 is 3.